The molecule has 0 fully saturated rings. The van der Waals surface area contributed by atoms with Gasteiger partial charge in [-0.25, -0.2) is 4.79 Å². The van der Waals surface area contributed by atoms with E-state index < -0.39 is 5.97 Å². The van der Waals surface area contributed by atoms with E-state index in [1.165, 1.54) is 0 Å². The summed E-state index contributed by atoms with van der Waals surface area (Å²) in [5, 5.41) is 17.9. The minimum atomic E-state index is -1.02. The van der Waals surface area contributed by atoms with Gasteiger partial charge in [-0.15, -0.1) is 0 Å². The second-order valence-electron chi connectivity index (χ2n) is 4.79. The van der Waals surface area contributed by atoms with E-state index in [0.717, 1.165) is 16.7 Å². The fraction of sp³-hybridized carbons (Fsp3) is 0.111. The maximum Gasteiger partial charge on any atom is 0.341 e. The van der Waals surface area contributed by atoms with Gasteiger partial charge in [-0.1, -0.05) is 42.0 Å². The summed E-state index contributed by atoms with van der Waals surface area (Å²) in [5.74, 6) is -0.538. The molecular formula is C18H15NO3. The van der Waals surface area contributed by atoms with E-state index >= 15 is 0 Å². The molecule has 0 amide bonds. The van der Waals surface area contributed by atoms with Crippen LogP contribution >= 0.6 is 0 Å². The van der Waals surface area contributed by atoms with Crippen LogP contribution in [0.15, 0.2) is 48.5 Å². The molecule has 0 unspecified atom stereocenters. The van der Waals surface area contributed by atoms with Gasteiger partial charge in [-0.2, -0.15) is 5.26 Å². The summed E-state index contributed by atoms with van der Waals surface area (Å²) in [4.78, 5) is 10.4. The first kappa shape index (κ1) is 15.3. The van der Waals surface area contributed by atoms with Crippen molar-refractivity contribution in [3.05, 3.63) is 65.2 Å². The summed E-state index contributed by atoms with van der Waals surface area (Å²) >= 11 is 0. The van der Waals surface area contributed by atoms with Crippen molar-refractivity contribution in [1.82, 2.24) is 0 Å². The van der Waals surface area contributed by atoms with Crippen LogP contribution in [0.25, 0.3) is 11.6 Å². The van der Waals surface area contributed by atoms with E-state index in [0.29, 0.717) is 11.3 Å². The van der Waals surface area contributed by atoms with Gasteiger partial charge < -0.3 is 9.84 Å². The molecule has 0 radical (unpaired) electrons. The second kappa shape index (κ2) is 7.09. The van der Waals surface area contributed by atoms with Gasteiger partial charge in [0.2, 0.25) is 0 Å². The predicted octanol–water partition coefficient (Wildman–Crippen LogP) is 3.52. The first-order valence-corrected chi connectivity index (χ1v) is 6.72. The molecule has 0 aliphatic heterocycles. The summed E-state index contributed by atoms with van der Waals surface area (Å²) in [6.07, 6.45) is 1.79. The Morgan fingerprint density at radius 3 is 2.59 bits per heavy atom. The molecule has 0 heterocycles. The number of ether oxygens (including phenoxy) is 1. The van der Waals surface area contributed by atoms with Crippen molar-refractivity contribution in [3.8, 4) is 11.8 Å². The number of carboxylic acid groups (broad SMARTS) is 1. The van der Waals surface area contributed by atoms with Gasteiger partial charge in [0.25, 0.3) is 0 Å². The Kier molecular flexibility index (Phi) is 4.94. The number of nitriles is 1. The van der Waals surface area contributed by atoms with Crippen LogP contribution in [-0.2, 0) is 4.79 Å². The fourth-order valence-electron chi connectivity index (χ4n) is 1.96. The van der Waals surface area contributed by atoms with E-state index in [2.05, 4.69) is 6.07 Å². The smallest absolute Gasteiger partial charge is 0.341 e. The Morgan fingerprint density at radius 1 is 1.27 bits per heavy atom. The number of nitrogens with zero attached hydrogens (tertiary/aromatic N) is 1. The highest BCUT2D eigenvalue weighted by atomic mass is 16.5. The maximum atomic E-state index is 10.4. The minimum absolute atomic E-state index is 0.373. The minimum Gasteiger partial charge on any atom is -0.482 e. The van der Waals surface area contributed by atoms with Crippen molar-refractivity contribution in [2.24, 2.45) is 0 Å². The molecule has 0 aromatic heterocycles. The molecule has 4 nitrogen and oxygen atoms in total. The van der Waals surface area contributed by atoms with Crippen LogP contribution in [0, 0.1) is 18.3 Å². The van der Waals surface area contributed by atoms with Gasteiger partial charge in [0.05, 0.1) is 11.6 Å². The van der Waals surface area contributed by atoms with Gasteiger partial charge in [0.15, 0.2) is 6.61 Å². The monoisotopic (exact) mass is 293 g/mol. The van der Waals surface area contributed by atoms with Crippen LogP contribution in [0.4, 0.5) is 0 Å². The molecule has 0 aliphatic carbocycles. The van der Waals surface area contributed by atoms with Crippen LogP contribution in [0.1, 0.15) is 16.7 Å². The normalized spacial score (nSPS) is 10.8. The van der Waals surface area contributed by atoms with Crippen LogP contribution in [-0.4, -0.2) is 17.7 Å². The lowest BCUT2D eigenvalue weighted by Gasteiger charge is -2.04. The lowest BCUT2D eigenvalue weighted by Crippen LogP contribution is -2.09. The Labute approximate surface area is 128 Å². The Hall–Kier alpha value is -3.06. The van der Waals surface area contributed by atoms with E-state index in [9.17, 15) is 10.1 Å². The average Bonchev–Trinajstić information content (AvgIpc) is 2.51. The molecule has 2 aromatic rings. The number of hydrogen-bond donors (Lipinski definition) is 1. The van der Waals surface area contributed by atoms with Crippen molar-refractivity contribution < 1.29 is 14.6 Å². The van der Waals surface area contributed by atoms with Crippen molar-refractivity contribution in [1.29, 1.82) is 5.26 Å². The zero-order chi connectivity index (χ0) is 15.9. The van der Waals surface area contributed by atoms with Crippen molar-refractivity contribution in [2.45, 2.75) is 6.92 Å². The zero-order valence-corrected chi connectivity index (χ0v) is 12.1. The molecule has 0 saturated carbocycles. The van der Waals surface area contributed by atoms with Gasteiger partial charge in [0, 0.05) is 0 Å². The summed E-state index contributed by atoms with van der Waals surface area (Å²) < 4.78 is 5.07. The van der Waals surface area contributed by atoms with Crippen LogP contribution in [0.2, 0.25) is 0 Å². The number of carboxylic acids is 1. The number of aryl methyl sites for hydroxylation is 1. The van der Waals surface area contributed by atoms with E-state index in [-0.39, 0.29) is 6.61 Å². The molecule has 2 rings (SSSR count). The van der Waals surface area contributed by atoms with Crippen LogP contribution in [0.3, 0.4) is 0 Å². The quantitative estimate of drug-likeness (QED) is 0.676. The van der Waals surface area contributed by atoms with E-state index in [4.69, 9.17) is 9.84 Å². The van der Waals surface area contributed by atoms with Crippen molar-refractivity contribution in [3.63, 3.8) is 0 Å². The lowest BCUT2D eigenvalue weighted by molar-refractivity contribution is -0.139. The molecule has 0 aliphatic rings. The summed E-state index contributed by atoms with van der Waals surface area (Å²) in [7, 11) is 0. The third kappa shape index (κ3) is 4.22. The molecule has 0 spiro atoms. The highest BCUT2D eigenvalue weighted by Crippen LogP contribution is 2.20. The maximum absolute atomic E-state index is 10.4. The number of rotatable bonds is 5. The van der Waals surface area contributed by atoms with Crippen LogP contribution < -0.4 is 4.74 Å². The third-order valence-corrected chi connectivity index (χ3v) is 3.00. The largest absolute Gasteiger partial charge is 0.482 e. The summed E-state index contributed by atoms with van der Waals surface area (Å²) in [6.45, 7) is 1.61. The number of allylic oxidation sites excluding steroid dienone is 1. The Balaban J connectivity index is 2.20. The second-order valence-corrected chi connectivity index (χ2v) is 4.79. The number of aliphatic carboxylic acids is 1. The highest BCUT2D eigenvalue weighted by Gasteiger charge is 2.02. The standard InChI is InChI=1S/C18H15NO3/c1-13-3-2-4-15(9-13)16(11-19)10-14-5-7-17(8-6-14)22-12-18(20)21/h2-10H,12H2,1H3,(H,20,21)/b16-10-. The molecule has 0 atom stereocenters. The van der Waals surface area contributed by atoms with Gasteiger partial charge in [0.1, 0.15) is 5.75 Å². The number of carbonyl (C=O) groups is 1. The third-order valence-electron chi connectivity index (χ3n) is 3.00. The predicted molar refractivity (Wildman–Crippen MR) is 84.2 cm³/mol. The van der Waals surface area contributed by atoms with Crippen LogP contribution in [0.5, 0.6) is 5.75 Å². The van der Waals surface area contributed by atoms with E-state index in [1.807, 2.05) is 31.2 Å². The summed E-state index contributed by atoms with van der Waals surface area (Å²) in [5.41, 5.74) is 3.38. The number of hydrogen-bond acceptors (Lipinski definition) is 3. The molecule has 4 heteroatoms. The van der Waals surface area contributed by atoms with Gasteiger partial charge in [-0.3, -0.25) is 0 Å². The van der Waals surface area contributed by atoms with Gasteiger partial charge >= 0.3 is 5.97 Å². The van der Waals surface area contributed by atoms with Crippen molar-refractivity contribution >= 4 is 17.6 Å². The highest BCUT2D eigenvalue weighted by molar-refractivity contribution is 5.89. The SMILES string of the molecule is Cc1cccc(/C(C#N)=C\c2ccc(OCC(=O)O)cc2)c1. The molecule has 0 saturated heterocycles. The first-order valence-electron chi connectivity index (χ1n) is 6.72. The fourth-order valence-corrected chi connectivity index (χ4v) is 1.96. The topological polar surface area (TPSA) is 70.3 Å². The number of benzene rings is 2. The molecule has 22 heavy (non-hydrogen) atoms. The first-order chi connectivity index (χ1) is 10.6. The Bertz CT molecular complexity index is 740. The van der Waals surface area contributed by atoms with Gasteiger partial charge in [-0.05, 0) is 36.3 Å². The molecular weight excluding hydrogens is 278 g/mol. The van der Waals surface area contributed by atoms with E-state index in [1.54, 1.807) is 30.3 Å². The average molecular weight is 293 g/mol. The zero-order valence-electron chi connectivity index (χ0n) is 12.1. The molecule has 2 aromatic carbocycles. The lowest BCUT2D eigenvalue weighted by atomic mass is 10.0. The molecule has 0 bridgehead atoms. The summed E-state index contributed by atoms with van der Waals surface area (Å²) in [6, 6.07) is 16.9. The molecule has 110 valence electrons. The molecule has 1 N–H and O–H groups in total. The van der Waals surface area contributed by atoms with Crippen molar-refractivity contribution in [2.75, 3.05) is 6.61 Å². The Morgan fingerprint density at radius 2 is 2.00 bits per heavy atom.